The quantitative estimate of drug-likeness (QED) is 0.672. The molecule has 1 rings (SSSR count). The number of hydrogen-bond acceptors (Lipinski definition) is 5. The highest BCUT2D eigenvalue weighted by atomic mass is 32.2. The summed E-state index contributed by atoms with van der Waals surface area (Å²) in [6.07, 6.45) is 2.12. The van der Waals surface area contributed by atoms with Gasteiger partial charge in [-0.25, -0.2) is 0 Å². The Labute approximate surface area is 117 Å². The Hall–Kier alpha value is -1.08. The van der Waals surface area contributed by atoms with Crippen LogP contribution in [0.15, 0.2) is 0 Å². The highest BCUT2D eigenvalue weighted by Gasteiger charge is 2.23. The van der Waals surface area contributed by atoms with E-state index in [1.54, 1.807) is 0 Å². The van der Waals surface area contributed by atoms with E-state index < -0.39 is 5.91 Å². The first kappa shape index (κ1) is 16.0. The number of amides is 3. The molecule has 3 N–H and O–H groups in total. The largest absolute Gasteiger partial charge is 0.333 e. The molecule has 1 aliphatic heterocycles. The molecule has 3 amide bonds. The fourth-order valence-corrected chi connectivity index (χ4v) is 2.62. The molecule has 1 atom stereocenters. The Morgan fingerprint density at radius 2 is 2.21 bits per heavy atom. The van der Waals surface area contributed by atoms with Crippen LogP contribution < -0.4 is 11.1 Å². The molecule has 1 fully saturated rings. The van der Waals surface area contributed by atoms with Crippen molar-refractivity contribution in [3.8, 4) is 0 Å². The first-order chi connectivity index (χ1) is 9.02. The number of hydrogen-bond donors (Lipinski definition) is 2. The summed E-state index contributed by atoms with van der Waals surface area (Å²) in [6.45, 7) is 3.16. The van der Waals surface area contributed by atoms with E-state index in [0.29, 0.717) is 24.8 Å². The molecule has 0 aromatic carbocycles. The summed E-state index contributed by atoms with van der Waals surface area (Å²) in [6, 6.07) is 0. The zero-order chi connectivity index (χ0) is 14.3. The van der Waals surface area contributed by atoms with Crippen molar-refractivity contribution in [3.63, 3.8) is 0 Å². The molecule has 1 saturated heterocycles. The topological polar surface area (TPSA) is 92.5 Å². The zero-order valence-electron chi connectivity index (χ0n) is 11.2. The van der Waals surface area contributed by atoms with Gasteiger partial charge in [0.1, 0.15) is 0 Å². The number of carbonyl (C=O) groups is 3. The second-order valence-electron chi connectivity index (χ2n) is 4.59. The van der Waals surface area contributed by atoms with E-state index >= 15 is 0 Å². The minimum atomic E-state index is -0.410. The summed E-state index contributed by atoms with van der Waals surface area (Å²) < 4.78 is 0. The lowest BCUT2D eigenvalue weighted by Crippen LogP contribution is -2.41. The van der Waals surface area contributed by atoms with Gasteiger partial charge in [-0.2, -0.15) is 0 Å². The molecule has 1 unspecified atom stereocenters. The van der Waals surface area contributed by atoms with Crippen LogP contribution in [0.3, 0.4) is 0 Å². The average Bonchev–Trinajstić information content (AvgIpc) is 2.73. The number of nitrogens with zero attached hydrogens (tertiary/aromatic N) is 1. The van der Waals surface area contributed by atoms with E-state index in [1.165, 1.54) is 16.7 Å². The summed E-state index contributed by atoms with van der Waals surface area (Å²) in [5, 5.41) is 2.60. The van der Waals surface area contributed by atoms with Crippen molar-refractivity contribution in [1.29, 1.82) is 0 Å². The summed E-state index contributed by atoms with van der Waals surface area (Å²) in [5.41, 5.74) is 5.42. The van der Waals surface area contributed by atoms with Gasteiger partial charge in [0.2, 0.25) is 17.7 Å². The molecule has 0 aromatic rings. The lowest BCUT2D eigenvalue weighted by Gasteiger charge is -2.14. The monoisotopic (exact) mass is 287 g/mol. The van der Waals surface area contributed by atoms with Gasteiger partial charge in [0.05, 0.1) is 12.3 Å². The van der Waals surface area contributed by atoms with Gasteiger partial charge in [0, 0.05) is 18.2 Å². The minimum absolute atomic E-state index is 0.0199. The Balaban J connectivity index is 2.20. The smallest absolute Gasteiger partial charge is 0.246 e. The molecule has 1 heterocycles. The predicted molar refractivity (Wildman–Crippen MR) is 74.6 cm³/mol. The molecule has 0 spiro atoms. The molecule has 0 radical (unpaired) electrons. The van der Waals surface area contributed by atoms with Gasteiger partial charge in [-0.05, 0) is 19.4 Å². The summed E-state index contributed by atoms with van der Waals surface area (Å²) in [7, 11) is 0. The molecule has 108 valence electrons. The van der Waals surface area contributed by atoms with Gasteiger partial charge >= 0.3 is 0 Å². The van der Waals surface area contributed by atoms with E-state index in [2.05, 4.69) is 5.32 Å². The maximum Gasteiger partial charge on any atom is 0.246 e. The number of nitrogens with one attached hydrogen (secondary N) is 1. The normalized spacial score (nSPS) is 16.5. The average molecular weight is 287 g/mol. The van der Waals surface area contributed by atoms with Crippen LogP contribution in [0.25, 0.3) is 0 Å². The third-order valence-corrected chi connectivity index (χ3v) is 4.09. The van der Waals surface area contributed by atoms with Gasteiger partial charge < -0.3 is 10.6 Å². The molecule has 0 bridgehead atoms. The predicted octanol–water partition coefficient (Wildman–Crippen LogP) is -0.278. The summed E-state index contributed by atoms with van der Waals surface area (Å²) in [5.74, 6) is -0.507. The van der Waals surface area contributed by atoms with Gasteiger partial charge in [-0.1, -0.05) is 6.92 Å². The number of likely N-dealkylation sites (tertiary alicyclic amines) is 1. The van der Waals surface area contributed by atoms with E-state index in [-0.39, 0.29) is 24.1 Å². The first-order valence-electron chi connectivity index (χ1n) is 6.45. The SMILES string of the molecule is CC(CCN)SCC(=O)NC(=O)CN1CCCC1=O. The van der Waals surface area contributed by atoms with E-state index in [1.807, 2.05) is 6.92 Å². The first-order valence-corrected chi connectivity index (χ1v) is 7.50. The lowest BCUT2D eigenvalue weighted by atomic mass is 10.3. The Kier molecular flexibility index (Phi) is 6.86. The van der Waals surface area contributed by atoms with E-state index in [9.17, 15) is 14.4 Å². The Morgan fingerprint density at radius 3 is 2.79 bits per heavy atom. The van der Waals surface area contributed by atoms with Gasteiger partial charge in [-0.15, -0.1) is 11.8 Å². The highest BCUT2D eigenvalue weighted by Crippen LogP contribution is 2.12. The highest BCUT2D eigenvalue weighted by molar-refractivity contribution is 8.00. The molecule has 0 aromatic heterocycles. The molecule has 1 aliphatic rings. The van der Waals surface area contributed by atoms with Crippen molar-refractivity contribution in [1.82, 2.24) is 10.2 Å². The molecule has 7 heteroatoms. The van der Waals surface area contributed by atoms with Crippen LogP contribution in [0, 0.1) is 0 Å². The van der Waals surface area contributed by atoms with E-state index in [0.717, 1.165) is 12.8 Å². The van der Waals surface area contributed by atoms with Crippen LogP contribution in [-0.4, -0.2) is 53.3 Å². The van der Waals surface area contributed by atoms with Crippen LogP contribution in [-0.2, 0) is 14.4 Å². The van der Waals surface area contributed by atoms with Crippen molar-refractivity contribution < 1.29 is 14.4 Å². The van der Waals surface area contributed by atoms with Gasteiger partial charge in [0.25, 0.3) is 0 Å². The van der Waals surface area contributed by atoms with Crippen molar-refractivity contribution >= 4 is 29.5 Å². The fourth-order valence-electron chi connectivity index (χ4n) is 1.81. The van der Waals surface area contributed by atoms with Crippen LogP contribution in [0.5, 0.6) is 0 Å². The molecule has 0 aliphatic carbocycles. The minimum Gasteiger partial charge on any atom is -0.333 e. The zero-order valence-corrected chi connectivity index (χ0v) is 12.0. The second kappa shape index (κ2) is 8.16. The standard InChI is InChI=1S/C12H21N3O3S/c1-9(4-5-13)19-8-11(17)14-10(16)7-15-6-2-3-12(15)18/h9H,2-8,13H2,1H3,(H,14,16,17). The summed E-state index contributed by atoms with van der Waals surface area (Å²) >= 11 is 1.47. The van der Waals surface area contributed by atoms with Crippen LogP contribution >= 0.6 is 11.8 Å². The van der Waals surface area contributed by atoms with E-state index in [4.69, 9.17) is 5.73 Å². The van der Waals surface area contributed by atoms with Crippen LogP contribution in [0.1, 0.15) is 26.2 Å². The van der Waals surface area contributed by atoms with Crippen LogP contribution in [0.4, 0.5) is 0 Å². The number of thioether (sulfide) groups is 1. The van der Waals surface area contributed by atoms with Crippen LogP contribution in [0.2, 0.25) is 0 Å². The van der Waals surface area contributed by atoms with Gasteiger partial charge in [0.15, 0.2) is 0 Å². The van der Waals surface area contributed by atoms with Gasteiger partial charge in [-0.3, -0.25) is 19.7 Å². The third-order valence-electron chi connectivity index (χ3n) is 2.86. The number of imide groups is 1. The molecular formula is C12H21N3O3S. The van der Waals surface area contributed by atoms with Crippen molar-refractivity contribution in [3.05, 3.63) is 0 Å². The lowest BCUT2D eigenvalue weighted by molar-refractivity contribution is -0.135. The molecular weight excluding hydrogens is 266 g/mol. The van der Waals surface area contributed by atoms with Crippen molar-refractivity contribution in [2.24, 2.45) is 5.73 Å². The number of nitrogens with two attached hydrogens (primary N) is 1. The van der Waals surface area contributed by atoms with Crippen molar-refractivity contribution in [2.75, 3.05) is 25.4 Å². The number of rotatable bonds is 7. The fraction of sp³-hybridized carbons (Fsp3) is 0.750. The van der Waals surface area contributed by atoms with Crippen molar-refractivity contribution in [2.45, 2.75) is 31.4 Å². The Morgan fingerprint density at radius 1 is 1.47 bits per heavy atom. The molecule has 19 heavy (non-hydrogen) atoms. The number of carbonyl (C=O) groups excluding carboxylic acids is 3. The maximum atomic E-state index is 11.6. The maximum absolute atomic E-state index is 11.6. The summed E-state index contributed by atoms with van der Waals surface area (Å²) in [4.78, 5) is 35.9. The Bertz CT molecular complexity index is 349. The molecule has 0 saturated carbocycles. The second-order valence-corrected chi connectivity index (χ2v) is 6.02. The third kappa shape index (κ3) is 6.07. The molecule has 6 nitrogen and oxygen atoms in total.